The summed E-state index contributed by atoms with van der Waals surface area (Å²) in [4.78, 5) is 2.84. The normalized spacial score (nSPS) is 10.5. The molecule has 6 heteroatoms. The second-order valence-corrected chi connectivity index (χ2v) is 8.33. The molecule has 0 amide bonds. The minimum absolute atomic E-state index is 0.441. The zero-order chi connectivity index (χ0) is 14.5. The van der Waals surface area contributed by atoms with E-state index in [1.54, 1.807) is 23.1 Å². The number of hydrogen-bond acceptors (Lipinski definition) is 4. The third kappa shape index (κ3) is 3.97. The SMILES string of the molecule is CCSc1cccc(NCc2ccc(Br)s2)c1C(N)=S. The Labute approximate surface area is 141 Å². The van der Waals surface area contributed by atoms with Crippen LogP contribution in [-0.2, 0) is 6.54 Å². The highest BCUT2D eigenvalue weighted by Gasteiger charge is 2.11. The molecule has 0 bridgehead atoms. The van der Waals surface area contributed by atoms with Crippen LogP contribution in [0.15, 0.2) is 39.0 Å². The molecule has 0 spiro atoms. The summed E-state index contributed by atoms with van der Waals surface area (Å²) in [6.07, 6.45) is 0. The van der Waals surface area contributed by atoms with Gasteiger partial charge in [-0.3, -0.25) is 0 Å². The van der Waals surface area contributed by atoms with Crippen molar-refractivity contribution in [1.82, 2.24) is 0 Å². The minimum atomic E-state index is 0.441. The molecule has 0 unspecified atom stereocenters. The van der Waals surface area contributed by atoms with E-state index < -0.39 is 0 Å². The first-order chi connectivity index (χ1) is 9.61. The van der Waals surface area contributed by atoms with Gasteiger partial charge in [0.05, 0.1) is 3.79 Å². The van der Waals surface area contributed by atoms with Crippen molar-refractivity contribution >= 4 is 61.9 Å². The summed E-state index contributed by atoms with van der Waals surface area (Å²) in [6.45, 7) is 2.89. The van der Waals surface area contributed by atoms with E-state index in [1.807, 2.05) is 12.1 Å². The number of nitrogens with one attached hydrogen (secondary N) is 1. The molecule has 2 rings (SSSR count). The van der Waals surface area contributed by atoms with Crippen LogP contribution >= 0.6 is 51.2 Å². The van der Waals surface area contributed by atoms with Crippen molar-refractivity contribution < 1.29 is 0 Å². The first-order valence-corrected chi connectivity index (χ1v) is 9.16. The van der Waals surface area contributed by atoms with Crippen molar-refractivity contribution in [3.63, 3.8) is 0 Å². The molecule has 0 aliphatic carbocycles. The highest BCUT2D eigenvalue weighted by molar-refractivity contribution is 9.11. The number of benzene rings is 1. The van der Waals surface area contributed by atoms with E-state index in [2.05, 4.69) is 46.4 Å². The first-order valence-electron chi connectivity index (χ1n) is 6.15. The van der Waals surface area contributed by atoms with Gasteiger partial charge in [-0.15, -0.1) is 23.1 Å². The summed E-state index contributed by atoms with van der Waals surface area (Å²) in [6, 6.07) is 10.3. The Hall–Kier alpha value is -0.560. The standard InChI is InChI=1S/C14H15BrN2S3/c1-2-19-11-5-3-4-10(13(11)14(16)18)17-8-9-6-7-12(15)20-9/h3-7,17H,2,8H2,1H3,(H2,16,18). The third-order valence-electron chi connectivity index (χ3n) is 2.65. The largest absolute Gasteiger partial charge is 0.389 e. The molecular formula is C14H15BrN2S3. The predicted octanol–water partition coefficient (Wildman–Crippen LogP) is 4.87. The summed E-state index contributed by atoms with van der Waals surface area (Å²) in [7, 11) is 0. The van der Waals surface area contributed by atoms with E-state index in [0.29, 0.717) is 4.99 Å². The fourth-order valence-corrected chi connectivity index (χ4v) is 4.39. The van der Waals surface area contributed by atoms with Crippen molar-refractivity contribution in [1.29, 1.82) is 0 Å². The number of halogens is 1. The molecule has 1 heterocycles. The Kier molecular flexibility index (Phi) is 5.89. The van der Waals surface area contributed by atoms with Crippen molar-refractivity contribution in [2.24, 2.45) is 5.73 Å². The second kappa shape index (κ2) is 7.45. The zero-order valence-electron chi connectivity index (χ0n) is 11.0. The van der Waals surface area contributed by atoms with E-state index in [1.165, 1.54) is 4.88 Å². The lowest BCUT2D eigenvalue weighted by Crippen LogP contribution is -2.14. The van der Waals surface area contributed by atoms with Gasteiger partial charge in [0, 0.05) is 27.6 Å². The van der Waals surface area contributed by atoms with Crippen LogP contribution in [0.4, 0.5) is 5.69 Å². The van der Waals surface area contributed by atoms with Gasteiger partial charge in [-0.1, -0.05) is 25.2 Å². The van der Waals surface area contributed by atoms with E-state index in [9.17, 15) is 0 Å². The average Bonchev–Trinajstić information content (AvgIpc) is 2.82. The van der Waals surface area contributed by atoms with Gasteiger partial charge in [0.2, 0.25) is 0 Å². The molecule has 1 aromatic carbocycles. The zero-order valence-corrected chi connectivity index (χ0v) is 15.0. The van der Waals surface area contributed by atoms with Crippen LogP contribution in [-0.4, -0.2) is 10.7 Å². The summed E-state index contributed by atoms with van der Waals surface area (Å²) in [5.41, 5.74) is 7.84. The van der Waals surface area contributed by atoms with Crippen LogP contribution < -0.4 is 11.1 Å². The van der Waals surface area contributed by atoms with Crippen molar-refractivity contribution in [2.45, 2.75) is 18.4 Å². The van der Waals surface area contributed by atoms with E-state index in [-0.39, 0.29) is 0 Å². The Morgan fingerprint density at radius 1 is 1.40 bits per heavy atom. The lowest BCUT2D eigenvalue weighted by Gasteiger charge is -2.14. The molecule has 3 N–H and O–H groups in total. The average molecular weight is 387 g/mol. The van der Waals surface area contributed by atoms with Crippen LogP contribution in [0.1, 0.15) is 17.4 Å². The number of thioether (sulfide) groups is 1. The van der Waals surface area contributed by atoms with Crippen molar-refractivity contribution in [3.8, 4) is 0 Å². The Morgan fingerprint density at radius 2 is 2.20 bits per heavy atom. The fourth-order valence-electron chi connectivity index (χ4n) is 1.84. The van der Waals surface area contributed by atoms with E-state index in [4.69, 9.17) is 18.0 Å². The molecule has 0 atom stereocenters. The molecule has 2 aromatic rings. The summed E-state index contributed by atoms with van der Waals surface area (Å²) >= 11 is 12.2. The van der Waals surface area contributed by atoms with Crippen LogP contribution in [0.5, 0.6) is 0 Å². The second-order valence-electron chi connectivity index (χ2n) is 4.04. The minimum Gasteiger partial charge on any atom is -0.389 e. The maximum atomic E-state index is 5.89. The Balaban J connectivity index is 2.22. The lowest BCUT2D eigenvalue weighted by atomic mass is 10.1. The van der Waals surface area contributed by atoms with Gasteiger partial charge < -0.3 is 11.1 Å². The number of thiocarbonyl (C=S) groups is 1. The van der Waals surface area contributed by atoms with E-state index in [0.717, 1.165) is 32.2 Å². The molecule has 0 radical (unpaired) electrons. The quantitative estimate of drug-likeness (QED) is 0.548. The van der Waals surface area contributed by atoms with Gasteiger partial charge in [-0.05, 0) is 45.9 Å². The number of hydrogen-bond donors (Lipinski definition) is 2. The van der Waals surface area contributed by atoms with Gasteiger partial charge in [0.1, 0.15) is 4.99 Å². The maximum Gasteiger partial charge on any atom is 0.107 e. The highest BCUT2D eigenvalue weighted by Crippen LogP contribution is 2.29. The summed E-state index contributed by atoms with van der Waals surface area (Å²) in [5.74, 6) is 0.997. The summed E-state index contributed by atoms with van der Waals surface area (Å²) in [5, 5.41) is 3.43. The molecular weight excluding hydrogens is 372 g/mol. The monoisotopic (exact) mass is 386 g/mol. The predicted molar refractivity (Wildman–Crippen MR) is 98.1 cm³/mol. The van der Waals surface area contributed by atoms with Gasteiger partial charge in [-0.2, -0.15) is 0 Å². The smallest absolute Gasteiger partial charge is 0.107 e. The van der Waals surface area contributed by atoms with Gasteiger partial charge in [-0.25, -0.2) is 0 Å². The lowest BCUT2D eigenvalue weighted by molar-refractivity contribution is 1.18. The first kappa shape index (κ1) is 15.8. The van der Waals surface area contributed by atoms with Crippen LogP contribution in [0.3, 0.4) is 0 Å². The van der Waals surface area contributed by atoms with E-state index >= 15 is 0 Å². The van der Waals surface area contributed by atoms with Crippen LogP contribution in [0.2, 0.25) is 0 Å². The Morgan fingerprint density at radius 3 is 2.80 bits per heavy atom. The highest BCUT2D eigenvalue weighted by atomic mass is 79.9. The van der Waals surface area contributed by atoms with Crippen LogP contribution in [0, 0.1) is 0 Å². The van der Waals surface area contributed by atoms with Gasteiger partial charge in [0.15, 0.2) is 0 Å². The van der Waals surface area contributed by atoms with Crippen molar-refractivity contribution in [2.75, 3.05) is 11.1 Å². The molecule has 0 saturated heterocycles. The number of anilines is 1. The topological polar surface area (TPSA) is 38.0 Å². The number of thiophene rings is 1. The molecule has 0 fully saturated rings. The maximum absolute atomic E-state index is 5.89. The molecule has 20 heavy (non-hydrogen) atoms. The third-order valence-corrected chi connectivity index (χ3v) is 5.42. The van der Waals surface area contributed by atoms with Gasteiger partial charge >= 0.3 is 0 Å². The van der Waals surface area contributed by atoms with Crippen LogP contribution in [0.25, 0.3) is 0 Å². The van der Waals surface area contributed by atoms with Gasteiger partial charge in [0.25, 0.3) is 0 Å². The molecule has 2 nitrogen and oxygen atoms in total. The molecule has 0 saturated carbocycles. The molecule has 106 valence electrons. The number of nitrogens with two attached hydrogens (primary N) is 1. The molecule has 1 aromatic heterocycles. The summed E-state index contributed by atoms with van der Waals surface area (Å²) < 4.78 is 1.14. The molecule has 0 aliphatic rings. The Bertz CT molecular complexity index is 610. The molecule has 0 aliphatic heterocycles. The van der Waals surface area contributed by atoms with Crippen molar-refractivity contribution in [3.05, 3.63) is 44.6 Å². The fraction of sp³-hybridized carbons (Fsp3) is 0.214. The number of rotatable bonds is 6.